The molecule has 5 heteroatoms. The van der Waals surface area contributed by atoms with Crippen LogP contribution in [0.4, 0.5) is 0 Å². The molecule has 0 spiro atoms. The van der Waals surface area contributed by atoms with Crippen molar-refractivity contribution in [2.24, 2.45) is 11.7 Å². The van der Waals surface area contributed by atoms with Gasteiger partial charge in [0.2, 0.25) is 0 Å². The highest BCUT2D eigenvalue weighted by Crippen LogP contribution is 2.17. The smallest absolute Gasteiger partial charge is 0.260 e. The minimum absolute atomic E-state index is 0.00324. The molecule has 2 aromatic carbocycles. The van der Waals surface area contributed by atoms with E-state index in [4.69, 9.17) is 10.5 Å². The third-order valence-electron chi connectivity index (χ3n) is 4.49. The molecular formula is C20H22N2O3. The number of nitrogens with zero attached hydrogens (tertiary/aromatic N) is 1. The maximum Gasteiger partial charge on any atom is 0.260 e. The Morgan fingerprint density at radius 2 is 1.72 bits per heavy atom. The second-order valence-electron chi connectivity index (χ2n) is 6.24. The Balaban J connectivity index is 1.54. The quantitative estimate of drug-likeness (QED) is 0.819. The third-order valence-corrected chi connectivity index (χ3v) is 4.49. The van der Waals surface area contributed by atoms with Crippen LogP contribution < -0.4 is 10.5 Å². The molecule has 0 saturated carbocycles. The number of carbonyl (C=O) groups excluding carboxylic acids is 2. The minimum Gasteiger partial charge on any atom is -0.484 e. The summed E-state index contributed by atoms with van der Waals surface area (Å²) in [4.78, 5) is 26.3. The van der Waals surface area contributed by atoms with Gasteiger partial charge in [0.15, 0.2) is 12.4 Å². The molecule has 2 aromatic rings. The van der Waals surface area contributed by atoms with Gasteiger partial charge in [0.05, 0.1) is 0 Å². The van der Waals surface area contributed by atoms with E-state index in [2.05, 4.69) is 0 Å². The summed E-state index contributed by atoms with van der Waals surface area (Å²) in [5.41, 5.74) is 6.89. The van der Waals surface area contributed by atoms with Crippen LogP contribution in [-0.2, 0) is 4.79 Å². The van der Waals surface area contributed by atoms with Crippen molar-refractivity contribution in [2.45, 2.75) is 6.42 Å². The maximum atomic E-state index is 12.3. The van der Waals surface area contributed by atoms with Gasteiger partial charge in [-0.25, -0.2) is 0 Å². The fourth-order valence-corrected chi connectivity index (χ4v) is 2.95. The molecular weight excluding hydrogens is 316 g/mol. The molecule has 1 amide bonds. The van der Waals surface area contributed by atoms with Crippen molar-refractivity contribution in [1.82, 2.24) is 4.90 Å². The van der Waals surface area contributed by atoms with Gasteiger partial charge in [-0.15, -0.1) is 0 Å². The number of likely N-dealkylation sites (tertiary alicyclic amines) is 1. The van der Waals surface area contributed by atoms with Crippen LogP contribution in [0.15, 0.2) is 54.6 Å². The Labute approximate surface area is 147 Å². The first-order valence-corrected chi connectivity index (χ1v) is 8.48. The van der Waals surface area contributed by atoms with E-state index in [9.17, 15) is 9.59 Å². The number of hydrogen-bond donors (Lipinski definition) is 1. The van der Waals surface area contributed by atoms with Crippen LogP contribution in [0.1, 0.15) is 22.3 Å². The Morgan fingerprint density at radius 3 is 2.36 bits per heavy atom. The number of amides is 1. The summed E-state index contributed by atoms with van der Waals surface area (Å²) in [5, 5.41) is 0. The summed E-state index contributed by atoms with van der Waals surface area (Å²) >= 11 is 0. The number of rotatable bonds is 6. The zero-order valence-corrected chi connectivity index (χ0v) is 14.1. The van der Waals surface area contributed by atoms with E-state index in [0.29, 0.717) is 35.9 Å². The number of ether oxygens (including phenoxy) is 1. The Morgan fingerprint density at radius 1 is 1.04 bits per heavy atom. The van der Waals surface area contributed by atoms with Gasteiger partial charge in [0.25, 0.3) is 5.91 Å². The molecule has 1 aliphatic rings. The lowest BCUT2D eigenvalue weighted by Gasteiger charge is -2.16. The Hall–Kier alpha value is -2.66. The van der Waals surface area contributed by atoms with E-state index in [0.717, 1.165) is 13.0 Å². The van der Waals surface area contributed by atoms with Crippen molar-refractivity contribution >= 4 is 11.7 Å². The van der Waals surface area contributed by atoms with Crippen LogP contribution in [0.2, 0.25) is 0 Å². The molecule has 130 valence electrons. The van der Waals surface area contributed by atoms with Crippen LogP contribution in [0.3, 0.4) is 0 Å². The summed E-state index contributed by atoms with van der Waals surface area (Å²) in [6.45, 7) is 2.07. The predicted molar refractivity (Wildman–Crippen MR) is 95.6 cm³/mol. The van der Waals surface area contributed by atoms with Gasteiger partial charge in [0.1, 0.15) is 5.75 Å². The number of carbonyl (C=O) groups is 2. The molecule has 0 aliphatic carbocycles. The van der Waals surface area contributed by atoms with Gasteiger partial charge in [0, 0.05) is 24.2 Å². The van der Waals surface area contributed by atoms with Crippen LogP contribution in [0.5, 0.6) is 5.75 Å². The molecule has 1 saturated heterocycles. The van der Waals surface area contributed by atoms with Gasteiger partial charge < -0.3 is 15.4 Å². The largest absolute Gasteiger partial charge is 0.484 e. The lowest BCUT2D eigenvalue weighted by Crippen LogP contribution is -2.33. The van der Waals surface area contributed by atoms with Crippen molar-refractivity contribution in [3.63, 3.8) is 0 Å². The van der Waals surface area contributed by atoms with Gasteiger partial charge in [-0.1, -0.05) is 30.3 Å². The van der Waals surface area contributed by atoms with Gasteiger partial charge in [-0.2, -0.15) is 0 Å². The number of hydrogen-bond acceptors (Lipinski definition) is 4. The van der Waals surface area contributed by atoms with E-state index < -0.39 is 0 Å². The van der Waals surface area contributed by atoms with Crippen LogP contribution >= 0.6 is 0 Å². The van der Waals surface area contributed by atoms with E-state index in [-0.39, 0.29) is 18.3 Å². The molecule has 0 unspecified atom stereocenters. The molecule has 0 bridgehead atoms. The third kappa shape index (κ3) is 4.25. The average Bonchev–Trinajstić information content (AvgIpc) is 3.16. The highest BCUT2D eigenvalue weighted by Gasteiger charge is 2.25. The van der Waals surface area contributed by atoms with E-state index in [1.807, 2.05) is 18.2 Å². The standard InChI is InChI=1S/C20H22N2O3/c21-12-15-10-11-22(13-15)19(23)14-25-18-8-6-17(7-9-18)20(24)16-4-2-1-3-5-16/h1-9,15H,10-14,21H2/t15-/m1/s1. The summed E-state index contributed by atoms with van der Waals surface area (Å²) in [6, 6.07) is 16.0. The number of benzene rings is 2. The van der Waals surface area contributed by atoms with Crippen molar-refractivity contribution in [2.75, 3.05) is 26.2 Å². The monoisotopic (exact) mass is 338 g/mol. The predicted octanol–water partition coefficient (Wildman–Crippen LogP) is 2.10. The molecule has 1 aliphatic heterocycles. The summed E-state index contributed by atoms with van der Waals surface area (Å²) in [6.07, 6.45) is 0.957. The number of nitrogens with two attached hydrogens (primary N) is 1. The average molecular weight is 338 g/mol. The topological polar surface area (TPSA) is 72.6 Å². The fourth-order valence-electron chi connectivity index (χ4n) is 2.95. The van der Waals surface area contributed by atoms with Crippen molar-refractivity contribution < 1.29 is 14.3 Å². The molecule has 5 nitrogen and oxygen atoms in total. The van der Waals surface area contributed by atoms with E-state index >= 15 is 0 Å². The number of ketones is 1. The van der Waals surface area contributed by atoms with Crippen molar-refractivity contribution in [3.05, 3.63) is 65.7 Å². The summed E-state index contributed by atoms with van der Waals surface area (Å²) in [5.74, 6) is 0.910. The summed E-state index contributed by atoms with van der Waals surface area (Å²) in [7, 11) is 0. The van der Waals surface area contributed by atoms with Crippen molar-refractivity contribution in [1.29, 1.82) is 0 Å². The Kier molecular flexibility index (Phi) is 5.46. The zero-order valence-electron chi connectivity index (χ0n) is 14.1. The van der Waals surface area contributed by atoms with Crippen LogP contribution in [0, 0.1) is 5.92 Å². The lowest BCUT2D eigenvalue weighted by atomic mass is 10.0. The molecule has 2 N–H and O–H groups in total. The molecule has 3 rings (SSSR count). The van der Waals surface area contributed by atoms with Gasteiger partial charge in [-0.3, -0.25) is 9.59 Å². The highest BCUT2D eigenvalue weighted by atomic mass is 16.5. The molecule has 25 heavy (non-hydrogen) atoms. The van der Waals surface area contributed by atoms with Crippen molar-refractivity contribution in [3.8, 4) is 5.75 Å². The first kappa shape index (κ1) is 17.2. The molecule has 1 heterocycles. The van der Waals surface area contributed by atoms with Gasteiger partial charge >= 0.3 is 0 Å². The highest BCUT2D eigenvalue weighted by molar-refractivity contribution is 6.08. The SMILES string of the molecule is NC[C@H]1CCN(C(=O)COc2ccc(C(=O)c3ccccc3)cc2)C1. The minimum atomic E-state index is -0.0341. The Bertz CT molecular complexity index is 728. The lowest BCUT2D eigenvalue weighted by molar-refractivity contribution is -0.132. The fraction of sp³-hybridized carbons (Fsp3) is 0.300. The first-order chi connectivity index (χ1) is 12.2. The van der Waals surface area contributed by atoms with E-state index in [1.54, 1.807) is 41.3 Å². The second-order valence-corrected chi connectivity index (χ2v) is 6.24. The maximum absolute atomic E-state index is 12.3. The first-order valence-electron chi connectivity index (χ1n) is 8.48. The molecule has 1 fully saturated rings. The molecule has 0 radical (unpaired) electrons. The van der Waals surface area contributed by atoms with E-state index in [1.165, 1.54) is 0 Å². The second kappa shape index (κ2) is 7.94. The normalized spacial score (nSPS) is 16.7. The molecule has 0 aromatic heterocycles. The van der Waals surface area contributed by atoms with Crippen LogP contribution in [0.25, 0.3) is 0 Å². The molecule has 1 atom stereocenters. The van der Waals surface area contributed by atoms with Gasteiger partial charge in [-0.05, 0) is 43.1 Å². The van der Waals surface area contributed by atoms with Crippen LogP contribution in [-0.4, -0.2) is 42.8 Å². The zero-order chi connectivity index (χ0) is 17.6. The summed E-state index contributed by atoms with van der Waals surface area (Å²) < 4.78 is 5.56.